The molecule has 0 aliphatic heterocycles. The standard InChI is InChI=1S/C4H12N2O.CHF3O3S/c1-2-3-4(5)6-7;2-1(3,4)8(5,6)7/h4,6-7H,2-3,5H2,1H3;(H,5,6,7). The van der Waals surface area contributed by atoms with Gasteiger partial charge in [-0.3, -0.25) is 4.55 Å². The zero-order valence-electron chi connectivity index (χ0n) is 7.82. The van der Waals surface area contributed by atoms with Gasteiger partial charge in [-0.05, 0) is 6.42 Å². The van der Waals surface area contributed by atoms with Crippen LogP contribution >= 0.6 is 0 Å². The highest BCUT2D eigenvalue weighted by Gasteiger charge is 2.44. The average Bonchev–Trinajstić information content (AvgIpc) is 2.02. The normalized spacial score (nSPS) is 14.1. The molecule has 0 aromatic heterocycles. The highest BCUT2D eigenvalue weighted by Crippen LogP contribution is 2.20. The molecule has 0 aromatic carbocycles. The first-order chi connectivity index (χ1) is 6.56. The molecule has 0 radical (unpaired) electrons. The first-order valence-corrected chi connectivity index (χ1v) is 5.19. The zero-order chi connectivity index (χ0) is 12.7. The Morgan fingerprint density at radius 1 is 1.47 bits per heavy atom. The molecule has 15 heavy (non-hydrogen) atoms. The molecular weight excluding hydrogens is 241 g/mol. The second-order valence-corrected chi connectivity index (χ2v) is 3.86. The lowest BCUT2D eigenvalue weighted by Crippen LogP contribution is -2.34. The second-order valence-electron chi connectivity index (χ2n) is 2.45. The van der Waals surface area contributed by atoms with Gasteiger partial charge in [0, 0.05) is 0 Å². The van der Waals surface area contributed by atoms with Crippen LogP contribution in [0.2, 0.25) is 0 Å². The molecule has 0 aliphatic carbocycles. The van der Waals surface area contributed by atoms with Gasteiger partial charge in [-0.2, -0.15) is 27.1 Å². The largest absolute Gasteiger partial charge is 0.522 e. The van der Waals surface area contributed by atoms with Gasteiger partial charge in [-0.25, -0.2) is 0 Å². The summed E-state index contributed by atoms with van der Waals surface area (Å²) in [4.78, 5) is 0. The average molecular weight is 254 g/mol. The highest BCUT2D eigenvalue weighted by atomic mass is 32.2. The van der Waals surface area contributed by atoms with Crippen molar-refractivity contribution >= 4 is 10.1 Å². The Kier molecular flexibility index (Phi) is 7.88. The van der Waals surface area contributed by atoms with E-state index in [4.69, 9.17) is 23.9 Å². The fraction of sp³-hybridized carbons (Fsp3) is 1.00. The first kappa shape index (κ1) is 17.0. The van der Waals surface area contributed by atoms with Gasteiger partial charge in [-0.15, -0.1) is 0 Å². The third-order valence-corrected chi connectivity index (χ3v) is 1.64. The van der Waals surface area contributed by atoms with Crippen LogP contribution in [-0.2, 0) is 10.1 Å². The Balaban J connectivity index is 0. The van der Waals surface area contributed by atoms with Crippen LogP contribution in [0.25, 0.3) is 0 Å². The monoisotopic (exact) mass is 254 g/mol. The van der Waals surface area contributed by atoms with Crippen LogP contribution in [0, 0.1) is 0 Å². The molecule has 0 aromatic rings. The summed E-state index contributed by atoms with van der Waals surface area (Å²) in [7, 11) is -5.84. The van der Waals surface area contributed by atoms with Gasteiger partial charge < -0.3 is 10.9 Å². The van der Waals surface area contributed by atoms with E-state index in [0.29, 0.717) is 0 Å². The van der Waals surface area contributed by atoms with Crippen LogP contribution in [0.3, 0.4) is 0 Å². The topological polar surface area (TPSA) is 113 Å². The Hall–Kier alpha value is -0.420. The van der Waals surface area contributed by atoms with Crippen molar-refractivity contribution in [3.05, 3.63) is 0 Å². The van der Waals surface area contributed by atoms with Crippen LogP contribution in [0.5, 0.6) is 0 Å². The SMILES string of the molecule is CCCC(N)NO.O=S(=O)(O)C(F)(F)F. The summed E-state index contributed by atoms with van der Waals surface area (Å²) < 4.78 is 57.5. The van der Waals surface area contributed by atoms with E-state index in [-0.39, 0.29) is 6.17 Å². The number of hydroxylamine groups is 1. The lowest BCUT2D eigenvalue weighted by Gasteiger charge is -2.04. The van der Waals surface area contributed by atoms with Crippen LogP contribution in [0.4, 0.5) is 13.2 Å². The fourth-order valence-corrected chi connectivity index (χ4v) is 0.376. The van der Waals surface area contributed by atoms with Gasteiger partial charge in [-0.1, -0.05) is 13.3 Å². The van der Waals surface area contributed by atoms with Gasteiger partial charge >= 0.3 is 15.6 Å². The molecule has 0 rings (SSSR count). The smallest absolute Gasteiger partial charge is 0.315 e. The molecule has 0 saturated carbocycles. The molecule has 94 valence electrons. The molecule has 1 unspecified atom stereocenters. The summed E-state index contributed by atoms with van der Waals surface area (Å²) >= 11 is 0. The van der Waals surface area contributed by atoms with E-state index in [1.165, 1.54) is 0 Å². The van der Waals surface area contributed by atoms with Gasteiger partial charge in [0.1, 0.15) is 0 Å². The highest BCUT2D eigenvalue weighted by molar-refractivity contribution is 7.86. The molecule has 5 N–H and O–H groups in total. The van der Waals surface area contributed by atoms with Crippen molar-refractivity contribution in [2.45, 2.75) is 31.4 Å². The lowest BCUT2D eigenvalue weighted by molar-refractivity contribution is -0.0510. The van der Waals surface area contributed by atoms with E-state index in [9.17, 15) is 13.2 Å². The van der Waals surface area contributed by atoms with E-state index in [1.54, 1.807) is 0 Å². The molecule has 0 bridgehead atoms. The number of nitrogens with one attached hydrogen (secondary N) is 1. The Morgan fingerprint density at radius 3 is 1.87 bits per heavy atom. The lowest BCUT2D eigenvalue weighted by atomic mass is 10.3. The van der Waals surface area contributed by atoms with Crippen LogP contribution in [0.1, 0.15) is 19.8 Å². The number of hydrogen-bond donors (Lipinski definition) is 4. The predicted octanol–water partition coefficient (Wildman–Crippen LogP) is 0.444. The molecule has 1 atom stereocenters. The van der Waals surface area contributed by atoms with Gasteiger partial charge in [0.15, 0.2) is 0 Å². The maximum Gasteiger partial charge on any atom is 0.522 e. The molecular formula is C5H13F3N2O4S. The number of rotatable bonds is 3. The van der Waals surface area contributed by atoms with Crippen molar-refractivity contribution in [3.8, 4) is 0 Å². The minimum atomic E-state index is -5.84. The van der Waals surface area contributed by atoms with Crippen molar-refractivity contribution in [1.82, 2.24) is 5.48 Å². The maximum atomic E-state index is 10.7. The second kappa shape index (κ2) is 6.95. The van der Waals surface area contributed by atoms with Crippen LogP contribution in [-0.4, -0.2) is 29.9 Å². The number of halogens is 3. The van der Waals surface area contributed by atoms with E-state index in [0.717, 1.165) is 12.8 Å². The Morgan fingerprint density at radius 2 is 1.80 bits per heavy atom. The minimum absolute atomic E-state index is 0.245. The summed E-state index contributed by atoms with van der Waals surface area (Å²) in [5, 5.41) is 8.09. The van der Waals surface area contributed by atoms with Crippen molar-refractivity contribution < 1.29 is 31.3 Å². The van der Waals surface area contributed by atoms with Gasteiger partial charge in [0.05, 0.1) is 6.17 Å². The quantitative estimate of drug-likeness (QED) is 0.252. The van der Waals surface area contributed by atoms with E-state index >= 15 is 0 Å². The van der Waals surface area contributed by atoms with Crippen LogP contribution in [0.15, 0.2) is 0 Å². The summed E-state index contributed by atoms with van der Waals surface area (Å²) in [6.45, 7) is 2.01. The fourth-order valence-electron chi connectivity index (χ4n) is 0.376. The molecule has 0 fully saturated rings. The van der Waals surface area contributed by atoms with Crippen molar-refractivity contribution in [1.29, 1.82) is 0 Å². The molecule has 0 saturated heterocycles. The zero-order valence-corrected chi connectivity index (χ0v) is 8.64. The van der Waals surface area contributed by atoms with Crippen LogP contribution < -0.4 is 11.2 Å². The third-order valence-electron chi connectivity index (χ3n) is 1.06. The molecule has 6 nitrogen and oxygen atoms in total. The van der Waals surface area contributed by atoms with E-state index < -0.39 is 15.6 Å². The number of nitrogens with two attached hydrogens (primary N) is 1. The molecule has 0 spiro atoms. The molecule has 0 amide bonds. The molecule has 0 heterocycles. The van der Waals surface area contributed by atoms with Crippen molar-refractivity contribution in [2.75, 3.05) is 0 Å². The molecule has 0 aliphatic rings. The summed E-state index contributed by atoms with van der Waals surface area (Å²) in [6.07, 6.45) is 1.57. The van der Waals surface area contributed by atoms with E-state index in [1.807, 2.05) is 12.4 Å². The summed E-state index contributed by atoms with van der Waals surface area (Å²) in [5.41, 5.74) is 1.63. The van der Waals surface area contributed by atoms with Gasteiger partial charge in [0.2, 0.25) is 0 Å². The Labute approximate surface area is 85.0 Å². The Bertz CT molecular complexity index is 253. The first-order valence-electron chi connectivity index (χ1n) is 3.75. The minimum Gasteiger partial charge on any atom is -0.315 e. The van der Waals surface area contributed by atoms with E-state index in [2.05, 4.69) is 0 Å². The number of alkyl halides is 3. The van der Waals surface area contributed by atoms with Crippen molar-refractivity contribution in [3.63, 3.8) is 0 Å². The maximum absolute atomic E-state index is 10.7. The molecule has 10 heteroatoms. The van der Waals surface area contributed by atoms with Crippen molar-refractivity contribution in [2.24, 2.45) is 5.73 Å². The summed E-state index contributed by atoms with van der Waals surface area (Å²) in [6, 6.07) is 0. The summed E-state index contributed by atoms with van der Waals surface area (Å²) in [5.74, 6) is 0. The predicted molar refractivity (Wildman–Crippen MR) is 45.4 cm³/mol. The van der Waals surface area contributed by atoms with Gasteiger partial charge in [0.25, 0.3) is 0 Å². The number of hydrogen-bond acceptors (Lipinski definition) is 5. The third kappa shape index (κ3) is 9.87.